The van der Waals surface area contributed by atoms with Crippen LogP contribution in [0.4, 0.5) is 0 Å². The van der Waals surface area contributed by atoms with E-state index >= 15 is 0 Å². The Morgan fingerprint density at radius 1 is 1.00 bits per heavy atom. The van der Waals surface area contributed by atoms with Crippen molar-refractivity contribution in [2.45, 2.75) is 70.6 Å². The molecule has 5 heterocycles. The van der Waals surface area contributed by atoms with Crippen molar-refractivity contribution in [3.63, 3.8) is 0 Å². The van der Waals surface area contributed by atoms with Gasteiger partial charge in [0.15, 0.2) is 0 Å². The van der Waals surface area contributed by atoms with Gasteiger partial charge in [0.2, 0.25) is 0 Å². The summed E-state index contributed by atoms with van der Waals surface area (Å²) in [7, 11) is 0. The lowest BCUT2D eigenvalue weighted by Crippen LogP contribution is -2.33. The third kappa shape index (κ3) is 4.37. The highest BCUT2D eigenvalue weighted by Gasteiger charge is 2.27. The molecule has 0 saturated carbocycles. The number of nitrogens with one attached hydrogen (secondary N) is 1. The summed E-state index contributed by atoms with van der Waals surface area (Å²) >= 11 is 0. The number of fused-ring (bicyclic) bond motifs is 2. The predicted molar refractivity (Wildman–Crippen MR) is 113 cm³/mol. The average Bonchev–Trinajstić information content (AvgIpc) is 3.18. The average molecular weight is 428 g/mol. The van der Waals surface area contributed by atoms with Gasteiger partial charge in [0.05, 0.1) is 17.9 Å². The van der Waals surface area contributed by atoms with Crippen molar-refractivity contribution >= 4 is 24.8 Å². The topological polar surface area (TPSA) is 63.8 Å². The van der Waals surface area contributed by atoms with Crippen molar-refractivity contribution in [3.8, 4) is 0 Å². The molecule has 0 bridgehead atoms. The maximum atomic E-state index is 4.79. The minimum absolute atomic E-state index is 0. The lowest BCUT2D eigenvalue weighted by Gasteiger charge is -2.31. The molecule has 0 aliphatic carbocycles. The molecule has 0 spiro atoms. The number of rotatable bonds is 3. The summed E-state index contributed by atoms with van der Waals surface area (Å²) < 4.78 is 4.60. The van der Waals surface area contributed by atoms with Crippen LogP contribution in [0.25, 0.3) is 0 Å². The first-order chi connectivity index (χ1) is 12.9. The largest absolute Gasteiger partial charge is 0.315 e. The van der Waals surface area contributed by atoms with Crippen LogP contribution in [0.1, 0.15) is 61.1 Å². The first-order valence-electron chi connectivity index (χ1n) is 10.3. The SMILES string of the molecule is Cl.Cl.c1c(CN2CCC(c3nnc4n3CCCCC4)CC2)nn2c1CNCC2. The lowest BCUT2D eigenvalue weighted by atomic mass is 9.95. The standard InChI is InChI=1S/C19H29N7.2ClH/c1-2-4-18-21-22-19(25(18)8-3-1)15-5-9-24(10-6-15)14-16-12-17-13-20-7-11-26(17)23-16;;/h12,15,20H,1-11,13-14H2;2*1H. The van der Waals surface area contributed by atoms with Gasteiger partial charge in [-0.05, 0) is 44.8 Å². The lowest BCUT2D eigenvalue weighted by molar-refractivity contribution is 0.197. The van der Waals surface area contributed by atoms with Gasteiger partial charge in [-0.25, -0.2) is 0 Å². The van der Waals surface area contributed by atoms with Crippen molar-refractivity contribution in [2.75, 3.05) is 19.6 Å². The fraction of sp³-hybridized carbons (Fsp3) is 0.737. The minimum atomic E-state index is 0. The fourth-order valence-electron chi connectivity index (χ4n) is 4.72. The maximum Gasteiger partial charge on any atom is 0.136 e. The zero-order chi connectivity index (χ0) is 17.3. The molecule has 9 heteroatoms. The number of hydrogen-bond donors (Lipinski definition) is 1. The highest BCUT2D eigenvalue weighted by atomic mass is 35.5. The van der Waals surface area contributed by atoms with Gasteiger partial charge in [-0.1, -0.05) is 6.42 Å². The van der Waals surface area contributed by atoms with E-state index in [1.807, 2.05) is 0 Å². The summed E-state index contributed by atoms with van der Waals surface area (Å²) in [5.74, 6) is 3.05. The van der Waals surface area contributed by atoms with Crippen LogP contribution in [0.2, 0.25) is 0 Å². The third-order valence-electron chi connectivity index (χ3n) is 6.20. The second-order valence-electron chi connectivity index (χ2n) is 8.01. The van der Waals surface area contributed by atoms with Crippen LogP contribution in [0.15, 0.2) is 6.07 Å². The molecule has 3 aliphatic heterocycles. The quantitative estimate of drug-likeness (QED) is 0.814. The molecule has 2 aromatic rings. The smallest absolute Gasteiger partial charge is 0.136 e. The molecule has 0 atom stereocenters. The van der Waals surface area contributed by atoms with Crippen LogP contribution in [-0.2, 0) is 32.6 Å². The molecular formula is C19H31Cl2N7. The number of likely N-dealkylation sites (tertiary alicyclic amines) is 1. The summed E-state index contributed by atoms with van der Waals surface area (Å²) in [6, 6.07) is 2.27. The van der Waals surface area contributed by atoms with Crippen LogP contribution >= 0.6 is 24.8 Å². The molecule has 28 heavy (non-hydrogen) atoms. The maximum absolute atomic E-state index is 4.79. The van der Waals surface area contributed by atoms with E-state index < -0.39 is 0 Å². The third-order valence-corrected chi connectivity index (χ3v) is 6.20. The molecule has 0 aromatic carbocycles. The highest BCUT2D eigenvalue weighted by molar-refractivity contribution is 5.85. The first-order valence-corrected chi connectivity index (χ1v) is 10.3. The van der Waals surface area contributed by atoms with E-state index in [9.17, 15) is 0 Å². The van der Waals surface area contributed by atoms with Crippen LogP contribution in [0.5, 0.6) is 0 Å². The second kappa shape index (κ2) is 9.57. The van der Waals surface area contributed by atoms with E-state index in [-0.39, 0.29) is 24.8 Å². The molecule has 156 valence electrons. The molecule has 3 aliphatic rings. The van der Waals surface area contributed by atoms with E-state index in [1.54, 1.807) is 0 Å². The van der Waals surface area contributed by atoms with Crippen molar-refractivity contribution in [2.24, 2.45) is 0 Å². The van der Waals surface area contributed by atoms with Gasteiger partial charge in [0.25, 0.3) is 0 Å². The van der Waals surface area contributed by atoms with Gasteiger partial charge in [0, 0.05) is 38.5 Å². The van der Waals surface area contributed by atoms with E-state index in [2.05, 4.69) is 35.7 Å². The van der Waals surface area contributed by atoms with Crippen molar-refractivity contribution in [1.29, 1.82) is 0 Å². The number of nitrogens with zero attached hydrogens (tertiary/aromatic N) is 6. The monoisotopic (exact) mass is 427 g/mol. The van der Waals surface area contributed by atoms with Crippen LogP contribution in [0, 0.1) is 0 Å². The molecule has 1 fully saturated rings. The van der Waals surface area contributed by atoms with Gasteiger partial charge >= 0.3 is 0 Å². The Morgan fingerprint density at radius 2 is 1.86 bits per heavy atom. The number of halogens is 2. The number of aromatic nitrogens is 5. The molecule has 2 aromatic heterocycles. The predicted octanol–water partition coefficient (Wildman–Crippen LogP) is 2.53. The summed E-state index contributed by atoms with van der Waals surface area (Å²) in [6.45, 7) is 7.34. The van der Waals surface area contributed by atoms with E-state index in [1.165, 1.54) is 55.1 Å². The van der Waals surface area contributed by atoms with Crippen molar-refractivity contribution in [1.82, 2.24) is 34.8 Å². The van der Waals surface area contributed by atoms with Crippen LogP contribution in [0.3, 0.4) is 0 Å². The summed E-state index contributed by atoms with van der Waals surface area (Å²) in [4.78, 5) is 2.55. The summed E-state index contributed by atoms with van der Waals surface area (Å²) in [6.07, 6.45) is 7.34. The fourth-order valence-corrected chi connectivity index (χ4v) is 4.72. The minimum Gasteiger partial charge on any atom is -0.315 e. The van der Waals surface area contributed by atoms with E-state index in [0.29, 0.717) is 5.92 Å². The zero-order valence-corrected chi connectivity index (χ0v) is 18.0. The Labute approximate surface area is 179 Å². The van der Waals surface area contributed by atoms with E-state index in [0.717, 1.165) is 52.2 Å². The normalized spacial score (nSPS) is 20.4. The Morgan fingerprint density at radius 3 is 2.68 bits per heavy atom. The van der Waals surface area contributed by atoms with Gasteiger partial charge in [-0.3, -0.25) is 9.58 Å². The molecule has 0 radical (unpaired) electrons. The first kappa shape index (κ1) is 21.6. The van der Waals surface area contributed by atoms with Crippen LogP contribution < -0.4 is 5.32 Å². The van der Waals surface area contributed by atoms with Gasteiger partial charge < -0.3 is 9.88 Å². The summed E-state index contributed by atoms with van der Waals surface area (Å²) in [5, 5.41) is 17.3. The second-order valence-corrected chi connectivity index (χ2v) is 8.01. The van der Waals surface area contributed by atoms with Crippen LogP contribution in [-0.4, -0.2) is 49.1 Å². The Bertz CT molecular complexity index is 741. The number of hydrogen-bond acceptors (Lipinski definition) is 5. The molecular weight excluding hydrogens is 397 g/mol. The molecule has 1 N–H and O–H groups in total. The molecule has 0 amide bonds. The Balaban J connectivity index is 0.00000112. The Hall–Kier alpha value is -1.15. The number of piperidine rings is 1. The van der Waals surface area contributed by atoms with Crippen molar-refractivity contribution in [3.05, 3.63) is 29.1 Å². The molecule has 1 saturated heterocycles. The van der Waals surface area contributed by atoms with Gasteiger partial charge in [0.1, 0.15) is 11.6 Å². The van der Waals surface area contributed by atoms with E-state index in [4.69, 9.17) is 5.10 Å². The van der Waals surface area contributed by atoms with Gasteiger partial charge in [-0.2, -0.15) is 5.10 Å². The molecule has 0 unspecified atom stereocenters. The number of aryl methyl sites for hydroxylation is 1. The van der Waals surface area contributed by atoms with Crippen molar-refractivity contribution < 1.29 is 0 Å². The zero-order valence-electron chi connectivity index (χ0n) is 16.3. The summed E-state index contributed by atoms with van der Waals surface area (Å²) in [5.41, 5.74) is 2.55. The van der Waals surface area contributed by atoms with Gasteiger partial charge in [-0.15, -0.1) is 35.0 Å². The molecule has 7 nitrogen and oxygen atoms in total. The molecule has 5 rings (SSSR count). The Kier molecular flexibility index (Phi) is 7.36. The highest BCUT2D eigenvalue weighted by Crippen LogP contribution is 2.29.